The highest BCUT2D eigenvalue weighted by Gasteiger charge is 2.28. The molecule has 106 valence electrons. The Labute approximate surface area is 115 Å². The molecule has 18 heavy (non-hydrogen) atoms. The first-order valence-electron chi connectivity index (χ1n) is 5.81. The largest absolute Gasteiger partial charge is 0.441 e. The maximum absolute atomic E-state index is 11.9. The summed E-state index contributed by atoms with van der Waals surface area (Å²) in [7, 11) is 0. The zero-order valence-corrected chi connectivity index (χ0v) is 12.4. The van der Waals surface area contributed by atoms with Gasteiger partial charge in [-0.25, -0.2) is 0 Å². The minimum absolute atomic E-state index is 0.000991. The summed E-state index contributed by atoms with van der Waals surface area (Å²) in [6, 6.07) is 0. The number of rotatable bonds is 4. The number of nitrogens with zero attached hydrogens (tertiary/aromatic N) is 1. The standard InChI is InChI=1S/C11H19F3N2S2/c1-10(2,3)6-8-7-16-9(18-8)15-4-5-17-11(12,13)14/h8H,4-7H2,1-3H3,(H,15,16). The van der Waals surface area contributed by atoms with Gasteiger partial charge in [-0.05, 0) is 23.6 Å². The monoisotopic (exact) mass is 300 g/mol. The third kappa shape index (κ3) is 7.41. The molecular formula is C11H19F3N2S2. The zero-order valence-electron chi connectivity index (χ0n) is 10.8. The molecule has 2 nitrogen and oxygen atoms in total. The van der Waals surface area contributed by atoms with Gasteiger partial charge in [0.15, 0.2) is 5.17 Å². The van der Waals surface area contributed by atoms with Gasteiger partial charge >= 0.3 is 5.51 Å². The molecule has 0 amide bonds. The molecule has 0 bridgehead atoms. The highest BCUT2D eigenvalue weighted by atomic mass is 32.2. The van der Waals surface area contributed by atoms with E-state index in [9.17, 15) is 13.2 Å². The van der Waals surface area contributed by atoms with Crippen molar-refractivity contribution in [3.8, 4) is 0 Å². The van der Waals surface area contributed by atoms with Crippen LogP contribution in [0.3, 0.4) is 0 Å². The van der Waals surface area contributed by atoms with Crippen LogP contribution in [0.2, 0.25) is 0 Å². The van der Waals surface area contributed by atoms with Crippen molar-refractivity contribution in [1.82, 2.24) is 5.32 Å². The zero-order chi connectivity index (χ0) is 13.8. The molecule has 1 rings (SSSR count). The molecular weight excluding hydrogens is 281 g/mol. The molecule has 0 fully saturated rings. The van der Waals surface area contributed by atoms with Crippen molar-refractivity contribution in [3.05, 3.63) is 0 Å². The van der Waals surface area contributed by atoms with Crippen molar-refractivity contribution >= 4 is 28.7 Å². The molecule has 0 aliphatic carbocycles. The summed E-state index contributed by atoms with van der Waals surface area (Å²) in [5.41, 5.74) is -3.88. The summed E-state index contributed by atoms with van der Waals surface area (Å²) < 4.78 is 35.7. The van der Waals surface area contributed by atoms with Crippen LogP contribution in [-0.4, -0.2) is 34.8 Å². The van der Waals surface area contributed by atoms with E-state index < -0.39 is 5.51 Å². The van der Waals surface area contributed by atoms with E-state index in [2.05, 4.69) is 31.1 Å². The van der Waals surface area contributed by atoms with E-state index in [4.69, 9.17) is 0 Å². The van der Waals surface area contributed by atoms with Crippen molar-refractivity contribution in [3.63, 3.8) is 0 Å². The Bertz CT molecular complexity index is 298. The lowest BCUT2D eigenvalue weighted by atomic mass is 9.90. The number of aliphatic imine (C=N–C) groups is 1. The van der Waals surface area contributed by atoms with Gasteiger partial charge in [-0.15, -0.1) is 0 Å². The predicted octanol–water partition coefficient (Wildman–Crippen LogP) is 3.74. The molecule has 7 heteroatoms. The fraction of sp³-hybridized carbons (Fsp3) is 0.909. The summed E-state index contributed by atoms with van der Waals surface area (Å²) in [5, 5.41) is 4.19. The molecule has 0 spiro atoms. The molecule has 0 aromatic heterocycles. The third-order valence-electron chi connectivity index (χ3n) is 2.20. The lowest BCUT2D eigenvalue weighted by Gasteiger charge is -2.21. The summed E-state index contributed by atoms with van der Waals surface area (Å²) in [4.78, 5) is 4.31. The Hall–Kier alpha value is -0.0400. The summed E-state index contributed by atoms with van der Waals surface area (Å²) in [6.45, 7) is 7.60. The third-order valence-corrected chi connectivity index (χ3v) is 4.08. The van der Waals surface area contributed by atoms with Gasteiger partial charge in [-0.1, -0.05) is 32.5 Å². The fourth-order valence-corrected chi connectivity index (χ4v) is 3.45. The minimum Gasteiger partial charge on any atom is -0.364 e. The maximum atomic E-state index is 11.9. The van der Waals surface area contributed by atoms with Gasteiger partial charge in [-0.3, -0.25) is 4.99 Å². The molecule has 0 aromatic rings. The number of thioether (sulfide) groups is 2. The van der Waals surface area contributed by atoms with Crippen molar-refractivity contribution in [1.29, 1.82) is 0 Å². The van der Waals surface area contributed by atoms with E-state index in [1.165, 1.54) is 0 Å². The number of hydrogen-bond acceptors (Lipinski definition) is 4. The van der Waals surface area contributed by atoms with Gasteiger partial charge < -0.3 is 5.32 Å². The minimum atomic E-state index is -4.14. The number of amidine groups is 1. The molecule has 1 aliphatic rings. The number of alkyl halides is 3. The van der Waals surface area contributed by atoms with E-state index in [0.29, 0.717) is 11.8 Å². The highest BCUT2D eigenvalue weighted by molar-refractivity contribution is 8.14. The van der Waals surface area contributed by atoms with Crippen LogP contribution in [0.15, 0.2) is 4.99 Å². The van der Waals surface area contributed by atoms with Gasteiger partial charge in [0.2, 0.25) is 0 Å². The van der Waals surface area contributed by atoms with E-state index in [-0.39, 0.29) is 22.9 Å². The molecule has 0 aromatic carbocycles. The van der Waals surface area contributed by atoms with E-state index >= 15 is 0 Å². The number of hydrogen-bond donors (Lipinski definition) is 1. The molecule has 1 unspecified atom stereocenters. The van der Waals surface area contributed by atoms with Crippen LogP contribution in [0.4, 0.5) is 13.2 Å². The lowest BCUT2D eigenvalue weighted by molar-refractivity contribution is -0.0327. The summed E-state index contributed by atoms with van der Waals surface area (Å²) >= 11 is 1.64. The Morgan fingerprint density at radius 3 is 2.61 bits per heavy atom. The van der Waals surface area contributed by atoms with Crippen LogP contribution >= 0.6 is 23.5 Å². The SMILES string of the molecule is CC(C)(C)CC1CN=C(NCCSC(F)(F)F)S1. The van der Waals surface area contributed by atoms with Crippen LogP contribution < -0.4 is 5.32 Å². The lowest BCUT2D eigenvalue weighted by Crippen LogP contribution is -2.24. The van der Waals surface area contributed by atoms with Gasteiger partial charge in [0.25, 0.3) is 0 Å². The Kier molecular flexibility index (Phi) is 5.70. The molecule has 0 saturated heterocycles. The summed E-state index contributed by atoms with van der Waals surface area (Å²) in [5.74, 6) is 0.0209. The molecule has 1 aliphatic heterocycles. The van der Waals surface area contributed by atoms with Gasteiger partial charge in [0.05, 0.1) is 6.54 Å². The van der Waals surface area contributed by atoms with E-state index in [0.717, 1.165) is 18.1 Å². The second-order valence-electron chi connectivity index (χ2n) is 5.37. The van der Waals surface area contributed by atoms with Crippen LogP contribution in [0, 0.1) is 5.41 Å². The van der Waals surface area contributed by atoms with Crippen LogP contribution in [-0.2, 0) is 0 Å². The van der Waals surface area contributed by atoms with Gasteiger partial charge in [0, 0.05) is 17.5 Å². The van der Waals surface area contributed by atoms with Crippen molar-refractivity contribution in [2.24, 2.45) is 10.4 Å². The highest BCUT2D eigenvalue weighted by Crippen LogP contribution is 2.32. The normalized spacial score (nSPS) is 21.0. The quantitative estimate of drug-likeness (QED) is 0.801. The van der Waals surface area contributed by atoms with E-state index in [1.807, 2.05) is 0 Å². The molecule has 1 N–H and O–H groups in total. The average Bonchev–Trinajstić information content (AvgIpc) is 2.56. The Morgan fingerprint density at radius 1 is 1.39 bits per heavy atom. The molecule has 0 radical (unpaired) electrons. The molecule has 1 atom stereocenters. The number of halogens is 3. The second-order valence-corrected chi connectivity index (χ2v) is 7.82. The smallest absolute Gasteiger partial charge is 0.364 e. The average molecular weight is 300 g/mol. The van der Waals surface area contributed by atoms with Crippen LogP contribution in [0.25, 0.3) is 0 Å². The Morgan fingerprint density at radius 2 is 2.06 bits per heavy atom. The fourth-order valence-electron chi connectivity index (χ4n) is 1.63. The van der Waals surface area contributed by atoms with Gasteiger partial charge in [-0.2, -0.15) is 13.2 Å². The first-order valence-corrected chi connectivity index (χ1v) is 7.68. The first-order chi connectivity index (χ1) is 8.16. The topological polar surface area (TPSA) is 24.4 Å². The molecule has 0 saturated carbocycles. The Balaban J connectivity index is 2.15. The van der Waals surface area contributed by atoms with Crippen molar-refractivity contribution in [2.75, 3.05) is 18.8 Å². The number of nitrogens with one attached hydrogen (secondary N) is 1. The predicted molar refractivity (Wildman–Crippen MR) is 74.3 cm³/mol. The van der Waals surface area contributed by atoms with Crippen LogP contribution in [0.5, 0.6) is 0 Å². The summed E-state index contributed by atoms with van der Waals surface area (Å²) in [6.07, 6.45) is 1.06. The van der Waals surface area contributed by atoms with E-state index in [1.54, 1.807) is 11.8 Å². The maximum Gasteiger partial charge on any atom is 0.441 e. The van der Waals surface area contributed by atoms with Gasteiger partial charge in [0.1, 0.15) is 0 Å². The van der Waals surface area contributed by atoms with Crippen molar-refractivity contribution in [2.45, 2.75) is 38.0 Å². The first kappa shape index (κ1) is 16.0. The van der Waals surface area contributed by atoms with Crippen LogP contribution in [0.1, 0.15) is 27.2 Å². The molecule has 1 heterocycles. The van der Waals surface area contributed by atoms with Crippen molar-refractivity contribution < 1.29 is 13.2 Å². The second kappa shape index (κ2) is 6.41.